The number of benzene rings is 1. The summed E-state index contributed by atoms with van der Waals surface area (Å²) >= 11 is 0. The first-order valence-electron chi connectivity index (χ1n) is 8.53. The Morgan fingerprint density at radius 1 is 0.625 bits per heavy atom. The summed E-state index contributed by atoms with van der Waals surface area (Å²) in [5.41, 5.74) is -0.0757. The van der Waals surface area contributed by atoms with Crippen molar-refractivity contribution in [2.24, 2.45) is 10.8 Å². The summed E-state index contributed by atoms with van der Waals surface area (Å²) in [5.74, 6) is -5.05. The van der Waals surface area contributed by atoms with E-state index in [1.165, 1.54) is 0 Å². The lowest BCUT2D eigenvalue weighted by molar-refractivity contribution is -0.245. The zero-order chi connectivity index (χ0) is 19.1. The minimum Gasteiger partial charge on any atom is -0.365 e. The third-order valence-electron chi connectivity index (χ3n) is 5.34. The minimum absolute atomic E-state index is 0.591. The van der Waals surface area contributed by atoms with E-state index in [9.17, 15) is 20.4 Å². The quantitative estimate of drug-likeness (QED) is 0.635. The van der Waals surface area contributed by atoms with E-state index in [0.29, 0.717) is 11.1 Å². The smallest absolute Gasteiger partial charge is 0.174 e. The van der Waals surface area contributed by atoms with Crippen molar-refractivity contribution in [3.63, 3.8) is 0 Å². The Kier molecular flexibility index (Phi) is 5.64. The second-order valence-electron chi connectivity index (χ2n) is 9.02. The molecule has 0 aliphatic rings. The zero-order valence-electron chi connectivity index (χ0n) is 16.3. The van der Waals surface area contributed by atoms with E-state index >= 15 is 0 Å². The molecule has 0 radical (unpaired) electrons. The Hall–Kier alpha value is -0.940. The van der Waals surface area contributed by atoms with Crippen LogP contribution in [0.1, 0.15) is 78.4 Å². The van der Waals surface area contributed by atoms with Crippen molar-refractivity contribution in [1.29, 1.82) is 0 Å². The van der Waals surface area contributed by atoms with Crippen LogP contribution in [0.15, 0.2) is 24.3 Å². The first kappa shape index (κ1) is 21.1. The molecule has 0 aliphatic carbocycles. The maximum atomic E-state index is 10.7. The molecular formula is C20H34O4. The number of hydrogen-bond donors (Lipinski definition) is 4. The largest absolute Gasteiger partial charge is 0.365 e. The molecule has 0 fully saturated rings. The van der Waals surface area contributed by atoms with Crippen LogP contribution in [-0.4, -0.2) is 32.0 Å². The van der Waals surface area contributed by atoms with Crippen LogP contribution in [0.5, 0.6) is 0 Å². The van der Waals surface area contributed by atoms with Crippen LogP contribution >= 0.6 is 0 Å². The van der Waals surface area contributed by atoms with Gasteiger partial charge in [-0.25, -0.2) is 0 Å². The van der Waals surface area contributed by atoms with Crippen LogP contribution in [0.2, 0.25) is 0 Å². The Morgan fingerprint density at radius 2 is 0.875 bits per heavy atom. The molecule has 1 rings (SSSR count). The van der Waals surface area contributed by atoms with Crippen molar-refractivity contribution in [1.82, 2.24) is 0 Å². The van der Waals surface area contributed by atoms with Gasteiger partial charge in [-0.1, -0.05) is 79.7 Å². The lowest BCUT2D eigenvalue weighted by Crippen LogP contribution is -2.49. The maximum absolute atomic E-state index is 10.7. The van der Waals surface area contributed by atoms with Gasteiger partial charge in [0.05, 0.1) is 0 Å². The van der Waals surface area contributed by atoms with Gasteiger partial charge in [0.25, 0.3) is 0 Å². The molecule has 4 nitrogen and oxygen atoms in total. The second kappa shape index (κ2) is 6.41. The van der Waals surface area contributed by atoms with Gasteiger partial charge in [0.15, 0.2) is 11.6 Å². The van der Waals surface area contributed by atoms with Gasteiger partial charge in [-0.05, 0) is 11.1 Å². The zero-order valence-corrected chi connectivity index (χ0v) is 16.3. The lowest BCUT2D eigenvalue weighted by Gasteiger charge is -2.43. The summed E-state index contributed by atoms with van der Waals surface area (Å²) in [6, 6.07) is 7.30. The van der Waals surface area contributed by atoms with E-state index in [1.54, 1.807) is 55.4 Å². The highest BCUT2D eigenvalue weighted by atomic mass is 16.5. The predicted molar refractivity (Wildman–Crippen MR) is 96.5 cm³/mol. The van der Waals surface area contributed by atoms with Crippen molar-refractivity contribution in [3.05, 3.63) is 35.4 Å². The maximum Gasteiger partial charge on any atom is 0.174 e. The van der Waals surface area contributed by atoms with E-state index in [4.69, 9.17) is 0 Å². The molecule has 0 heterocycles. The average molecular weight is 338 g/mol. The van der Waals surface area contributed by atoms with Crippen LogP contribution < -0.4 is 0 Å². The van der Waals surface area contributed by atoms with Gasteiger partial charge in [0, 0.05) is 22.7 Å². The average Bonchev–Trinajstić information content (AvgIpc) is 2.43. The fraction of sp³-hybridized carbons (Fsp3) is 0.700. The molecule has 1 aromatic rings. The van der Waals surface area contributed by atoms with Gasteiger partial charge in [0.2, 0.25) is 0 Å². The fourth-order valence-corrected chi connectivity index (χ4v) is 3.03. The number of aliphatic hydroxyl groups is 4. The standard InChI is InChI=1S/C20H34O4/c1-13(19(21,22)17(3,4)5)15-11-9-10-12-16(15)14(2)20(23,24)18(6,7)8/h9-14,21-24H,1-8H3/t13-,14-/m1/s1. The Labute approximate surface area is 146 Å². The second-order valence-corrected chi connectivity index (χ2v) is 9.02. The van der Waals surface area contributed by atoms with Crippen LogP contribution in [-0.2, 0) is 0 Å². The molecular weight excluding hydrogens is 304 g/mol. The number of rotatable bonds is 4. The van der Waals surface area contributed by atoms with Crippen LogP contribution in [0.3, 0.4) is 0 Å². The molecule has 0 aliphatic heterocycles. The Morgan fingerprint density at radius 3 is 1.08 bits per heavy atom. The van der Waals surface area contributed by atoms with Gasteiger partial charge < -0.3 is 20.4 Å². The van der Waals surface area contributed by atoms with Crippen molar-refractivity contribution >= 4 is 0 Å². The Balaban J connectivity index is 3.42. The molecule has 0 unspecified atom stereocenters. The molecule has 1 aromatic carbocycles. The van der Waals surface area contributed by atoms with E-state index in [2.05, 4.69) is 0 Å². The molecule has 0 bridgehead atoms. The van der Waals surface area contributed by atoms with Gasteiger partial charge in [-0.2, -0.15) is 0 Å². The highest BCUT2D eigenvalue weighted by molar-refractivity contribution is 5.36. The van der Waals surface area contributed by atoms with E-state index in [-0.39, 0.29) is 0 Å². The minimum atomic E-state index is -1.93. The molecule has 4 N–H and O–H groups in total. The van der Waals surface area contributed by atoms with Crippen LogP contribution in [0.4, 0.5) is 0 Å². The predicted octanol–water partition coefficient (Wildman–Crippen LogP) is 3.35. The Bertz CT molecular complexity index is 511. The van der Waals surface area contributed by atoms with E-state index < -0.39 is 34.2 Å². The molecule has 0 spiro atoms. The van der Waals surface area contributed by atoms with E-state index in [1.807, 2.05) is 24.3 Å². The van der Waals surface area contributed by atoms with Crippen LogP contribution in [0, 0.1) is 10.8 Å². The third-order valence-corrected chi connectivity index (χ3v) is 5.34. The summed E-state index contributed by atoms with van der Waals surface area (Å²) in [4.78, 5) is 0. The lowest BCUT2D eigenvalue weighted by atomic mass is 9.70. The topological polar surface area (TPSA) is 80.9 Å². The summed E-state index contributed by atoms with van der Waals surface area (Å²) in [5, 5.41) is 42.7. The summed E-state index contributed by atoms with van der Waals surface area (Å²) < 4.78 is 0. The van der Waals surface area contributed by atoms with Gasteiger partial charge in [-0.3, -0.25) is 0 Å². The van der Waals surface area contributed by atoms with Crippen LogP contribution in [0.25, 0.3) is 0 Å². The SMILES string of the molecule is C[C@H](c1ccccc1[C@@H](C)C(O)(O)C(C)(C)C)C(O)(O)C(C)(C)C. The molecule has 0 saturated heterocycles. The highest BCUT2D eigenvalue weighted by Gasteiger charge is 2.47. The molecule has 24 heavy (non-hydrogen) atoms. The van der Waals surface area contributed by atoms with E-state index in [0.717, 1.165) is 0 Å². The first-order chi connectivity index (χ1) is 10.5. The normalized spacial score (nSPS) is 16.8. The van der Waals surface area contributed by atoms with Crippen molar-refractivity contribution in [3.8, 4) is 0 Å². The third kappa shape index (κ3) is 3.67. The molecule has 0 saturated carbocycles. The molecule has 2 atom stereocenters. The number of hydrogen-bond acceptors (Lipinski definition) is 4. The molecule has 138 valence electrons. The summed E-state index contributed by atoms with van der Waals surface area (Å²) in [6.07, 6.45) is 0. The summed E-state index contributed by atoms with van der Waals surface area (Å²) in [6.45, 7) is 14.1. The molecule has 0 amide bonds. The van der Waals surface area contributed by atoms with Gasteiger partial charge >= 0.3 is 0 Å². The van der Waals surface area contributed by atoms with Crippen molar-refractivity contribution in [2.75, 3.05) is 0 Å². The van der Waals surface area contributed by atoms with Gasteiger partial charge in [0.1, 0.15) is 0 Å². The first-order valence-corrected chi connectivity index (χ1v) is 8.53. The molecule has 0 aromatic heterocycles. The summed E-state index contributed by atoms with van der Waals surface area (Å²) in [7, 11) is 0. The molecule has 4 heteroatoms. The highest BCUT2D eigenvalue weighted by Crippen LogP contribution is 2.45. The fourth-order valence-electron chi connectivity index (χ4n) is 3.03. The van der Waals surface area contributed by atoms with Crippen molar-refractivity contribution in [2.45, 2.75) is 78.8 Å². The van der Waals surface area contributed by atoms with Crippen molar-refractivity contribution < 1.29 is 20.4 Å². The van der Waals surface area contributed by atoms with Gasteiger partial charge in [-0.15, -0.1) is 0 Å². The monoisotopic (exact) mass is 338 g/mol.